The van der Waals surface area contributed by atoms with Crippen LogP contribution in [0.5, 0.6) is 0 Å². The first-order valence-electron chi connectivity index (χ1n) is 15.3. The lowest BCUT2D eigenvalue weighted by Gasteiger charge is -2.31. The first-order valence-corrected chi connectivity index (χ1v) is 15.3. The third-order valence-corrected chi connectivity index (χ3v) is 8.95. The van der Waals surface area contributed by atoms with Crippen LogP contribution in [-0.2, 0) is 55.7 Å². The van der Waals surface area contributed by atoms with Gasteiger partial charge in [0.2, 0.25) is 0 Å². The molecule has 2 N–H and O–H groups in total. The van der Waals surface area contributed by atoms with Crippen molar-refractivity contribution in [3.05, 3.63) is 75.2 Å². The summed E-state index contributed by atoms with van der Waals surface area (Å²) in [5.74, 6) is 0.196. The number of esters is 1. The minimum Gasteiger partial charge on any atom is -0.465 e. The van der Waals surface area contributed by atoms with E-state index in [1.165, 1.54) is 27.6 Å². The van der Waals surface area contributed by atoms with Gasteiger partial charge in [-0.05, 0) is 55.0 Å². The number of carboxylic acid groups (broad SMARTS) is 1. The van der Waals surface area contributed by atoms with Gasteiger partial charge in [-0.2, -0.15) is 5.10 Å². The van der Waals surface area contributed by atoms with Crippen molar-refractivity contribution in [2.24, 2.45) is 7.05 Å². The highest BCUT2D eigenvalue weighted by Crippen LogP contribution is 2.35. The Morgan fingerprint density at radius 2 is 1.89 bits per heavy atom. The maximum Gasteiger partial charge on any atom is 0.407 e. The average molecular weight is 627 g/mol. The van der Waals surface area contributed by atoms with Crippen LogP contribution in [0.1, 0.15) is 52.8 Å². The van der Waals surface area contributed by atoms with Crippen LogP contribution in [0.4, 0.5) is 22.1 Å². The molecule has 4 aromatic heterocycles. The molecule has 1 aliphatic carbocycles. The molecule has 14 heteroatoms. The molecule has 46 heavy (non-hydrogen) atoms. The van der Waals surface area contributed by atoms with Crippen molar-refractivity contribution in [3.8, 4) is 11.1 Å². The molecule has 3 aliphatic rings. The van der Waals surface area contributed by atoms with Gasteiger partial charge >= 0.3 is 12.1 Å². The fraction of sp³-hybridized carbons (Fsp3) is 0.375. The third kappa shape index (κ3) is 5.18. The van der Waals surface area contributed by atoms with Crippen molar-refractivity contribution >= 4 is 35.3 Å². The summed E-state index contributed by atoms with van der Waals surface area (Å²) >= 11 is 0. The lowest BCUT2D eigenvalue weighted by Crippen LogP contribution is -2.41. The molecule has 0 aromatic carbocycles. The number of pyridine rings is 2. The van der Waals surface area contributed by atoms with Gasteiger partial charge in [0.15, 0.2) is 5.82 Å². The minimum absolute atomic E-state index is 0.116. The first kappa shape index (κ1) is 29.3. The quantitative estimate of drug-likeness (QED) is 0.307. The fourth-order valence-corrected chi connectivity index (χ4v) is 6.72. The van der Waals surface area contributed by atoms with E-state index in [1.807, 2.05) is 6.07 Å². The van der Waals surface area contributed by atoms with Crippen molar-refractivity contribution in [2.45, 2.75) is 58.8 Å². The average Bonchev–Trinajstić information content (AvgIpc) is 3.63. The molecule has 0 unspecified atom stereocenters. The summed E-state index contributed by atoms with van der Waals surface area (Å²) in [6, 6.07) is 7.21. The molecular formula is C32H34N8O6. The van der Waals surface area contributed by atoms with E-state index in [1.54, 1.807) is 47.2 Å². The SMILES string of the molecule is CC(=O)OCc1c(-c2cc(Nc3cc4n(n3)CCN(C(=O)O)C4)c(=O)n(C)c2)ccnc1N1CCn2c(cc3c2CCCC3)C1=O. The van der Waals surface area contributed by atoms with E-state index in [4.69, 9.17) is 4.74 Å². The molecular weight excluding hydrogens is 592 g/mol. The van der Waals surface area contributed by atoms with Crippen molar-refractivity contribution < 1.29 is 24.2 Å². The maximum atomic E-state index is 13.9. The fourth-order valence-electron chi connectivity index (χ4n) is 6.72. The highest BCUT2D eigenvalue weighted by Gasteiger charge is 2.33. The van der Waals surface area contributed by atoms with Crippen LogP contribution in [0.2, 0.25) is 0 Å². The number of aromatic nitrogens is 5. The number of anilines is 3. The molecule has 0 saturated carbocycles. The Labute approximate surface area is 263 Å². The van der Waals surface area contributed by atoms with Crippen molar-refractivity contribution in [1.82, 2.24) is 28.8 Å². The number of hydrogen-bond donors (Lipinski definition) is 2. The normalized spacial score (nSPS) is 15.7. The smallest absolute Gasteiger partial charge is 0.407 e. The highest BCUT2D eigenvalue weighted by molar-refractivity contribution is 6.06. The molecule has 2 amide bonds. The van der Waals surface area contributed by atoms with Crippen molar-refractivity contribution in [2.75, 3.05) is 23.3 Å². The van der Waals surface area contributed by atoms with E-state index < -0.39 is 12.1 Å². The number of aryl methyl sites for hydroxylation is 2. The zero-order valence-electron chi connectivity index (χ0n) is 25.7. The van der Waals surface area contributed by atoms with Gasteiger partial charge in [-0.1, -0.05) is 0 Å². The largest absolute Gasteiger partial charge is 0.465 e. The van der Waals surface area contributed by atoms with Gasteiger partial charge in [-0.25, -0.2) is 9.78 Å². The summed E-state index contributed by atoms with van der Waals surface area (Å²) < 4.78 is 10.8. The summed E-state index contributed by atoms with van der Waals surface area (Å²) in [6.07, 6.45) is 6.48. The Hall–Kier alpha value is -5.40. The van der Waals surface area contributed by atoms with E-state index >= 15 is 0 Å². The van der Waals surface area contributed by atoms with E-state index in [2.05, 4.69) is 20.0 Å². The second-order valence-electron chi connectivity index (χ2n) is 11.9. The predicted molar refractivity (Wildman–Crippen MR) is 167 cm³/mol. The van der Waals surface area contributed by atoms with Gasteiger partial charge < -0.3 is 29.2 Å². The molecule has 6 heterocycles. The number of nitrogens with zero attached hydrogens (tertiary/aromatic N) is 7. The van der Waals surface area contributed by atoms with Crippen LogP contribution in [0, 0.1) is 0 Å². The topological polar surface area (TPSA) is 157 Å². The molecule has 0 bridgehead atoms. The van der Waals surface area contributed by atoms with Crippen LogP contribution in [0.15, 0.2) is 41.5 Å². The molecule has 0 radical (unpaired) electrons. The Bertz CT molecular complexity index is 1960. The summed E-state index contributed by atoms with van der Waals surface area (Å²) in [6.45, 7) is 3.20. The summed E-state index contributed by atoms with van der Waals surface area (Å²) in [5, 5.41) is 17.0. The number of carbonyl (C=O) groups excluding carboxylic acids is 2. The van der Waals surface area contributed by atoms with Gasteiger partial charge in [-0.15, -0.1) is 0 Å². The molecule has 238 valence electrons. The van der Waals surface area contributed by atoms with Crippen molar-refractivity contribution in [3.63, 3.8) is 0 Å². The zero-order valence-corrected chi connectivity index (χ0v) is 25.7. The number of ether oxygens (including phenoxy) is 1. The molecule has 14 nitrogen and oxygen atoms in total. The van der Waals surface area contributed by atoms with Crippen LogP contribution < -0.4 is 15.8 Å². The van der Waals surface area contributed by atoms with E-state index in [-0.39, 0.29) is 30.3 Å². The Morgan fingerprint density at radius 1 is 1.07 bits per heavy atom. The number of fused-ring (bicyclic) bond motifs is 4. The lowest BCUT2D eigenvalue weighted by atomic mass is 9.98. The number of hydrogen-bond acceptors (Lipinski definition) is 8. The monoisotopic (exact) mass is 626 g/mol. The second kappa shape index (κ2) is 11.5. The van der Waals surface area contributed by atoms with Crippen LogP contribution in [0.25, 0.3) is 11.1 Å². The summed E-state index contributed by atoms with van der Waals surface area (Å²) in [5.41, 5.74) is 5.63. The van der Waals surface area contributed by atoms with Gasteiger partial charge in [0.05, 0.1) is 18.8 Å². The van der Waals surface area contributed by atoms with Gasteiger partial charge in [0.25, 0.3) is 11.5 Å². The molecule has 0 saturated heterocycles. The van der Waals surface area contributed by atoms with Gasteiger partial charge in [0, 0.05) is 68.9 Å². The highest BCUT2D eigenvalue weighted by atomic mass is 16.5. The van der Waals surface area contributed by atoms with Gasteiger partial charge in [-0.3, -0.25) is 24.0 Å². The van der Waals surface area contributed by atoms with Crippen LogP contribution in [0.3, 0.4) is 0 Å². The van der Waals surface area contributed by atoms with E-state index in [9.17, 15) is 24.3 Å². The molecule has 0 atom stereocenters. The Kier molecular flexibility index (Phi) is 7.34. The maximum absolute atomic E-state index is 13.9. The Balaban J connectivity index is 1.25. The molecule has 0 spiro atoms. The van der Waals surface area contributed by atoms with E-state index in [0.29, 0.717) is 65.9 Å². The lowest BCUT2D eigenvalue weighted by molar-refractivity contribution is -0.142. The summed E-state index contributed by atoms with van der Waals surface area (Å²) in [4.78, 5) is 58.2. The van der Waals surface area contributed by atoms with Crippen LogP contribution >= 0.6 is 0 Å². The zero-order chi connectivity index (χ0) is 32.1. The molecule has 7 rings (SSSR count). The van der Waals surface area contributed by atoms with Crippen LogP contribution in [-0.4, -0.2) is 65.0 Å². The minimum atomic E-state index is -0.996. The number of rotatable bonds is 6. The Morgan fingerprint density at radius 3 is 2.70 bits per heavy atom. The summed E-state index contributed by atoms with van der Waals surface area (Å²) in [7, 11) is 1.64. The number of amides is 2. The first-order chi connectivity index (χ1) is 22.2. The molecule has 0 fully saturated rings. The molecule has 4 aromatic rings. The molecule has 2 aliphatic heterocycles. The third-order valence-electron chi connectivity index (χ3n) is 8.95. The second-order valence-corrected chi connectivity index (χ2v) is 11.9. The standard InChI is InChI=1S/C32H34N8O6/c1-19(41)46-18-24-23(7-8-33-29(24)39-11-10-38-26-6-4-3-5-20(26)14-27(38)31(39)43)21-13-25(30(42)36(2)16-21)34-28-15-22-17-37(32(44)45)9-12-40(22)35-28/h7-8,13-16H,3-6,9-12,17-18H2,1-2H3,(H,34,35)(H,44,45). The van der Waals surface area contributed by atoms with Crippen molar-refractivity contribution in [1.29, 1.82) is 0 Å². The van der Waals surface area contributed by atoms with Gasteiger partial charge in [0.1, 0.15) is 23.8 Å². The number of nitrogens with one attached hydrogen (secondary N) is 1. The predicted octanol–water partition coefficient (Wildman–Crippen LogP) is 3.28. The van der Waals surface area contributed by atoms with E-state index in [0.717, 1.165) is 25.7 Å². The number of carbonyl (C=O) groups is 3.